The van der Waals surface area contributed by atoms with E-state index in [1.54, 1.807) is 0 Å². The van der Waals surface area contributed by atoms with E-state index in [4.69, 9.17) is 4.98 Å². The molecule has 5 rings (SSSR count). The predicted molar refractivity (Wildman–Crippen MR) is 110 cm³/mol. The normalized spacial score (nSPS) is 13.1. The zero-order chi connectivity index (χ0) is 19.6. The number of nitrogens with zero attached hydrogens (tertiary/aromatic N) is 5. The van der Waals surface area contributed by atoms with Crippen molar-refractivity contribution in [2.45, 2.75) is 25.8 Å². The number of rotatable bonds is 4. The summed E-state index contributed by atoms with van der Waals surface area (Å²) in [7, 11) is 0. The third kappa shape index (κ3) is 3.42. The van der Waals surface area contributed by atoms with Crippen molar-refractivity contribution in [3.05, 3.63) is 78.5 Å². The maximum absolute atomic E-state index is 12.8. The molecule has 7 heteroatoms. The first kappa shape index (κ1) is 17.4. The van der Waals surface area contributed by atoms with Crippen LogP contribution in [0.25, 0.3) is 16.9 Å². The number of anilines is 1. The van der Waals surface area contributed by atoms with E-state index in [0.29, 0.717) is 5.69 Å². The fourth-order valence-electron chi connectivity index (χ4n) is 3.60. The molecule has 0 spiro atoms. The Labute approximate surface area is 168 Å². The molecule has 1 aliphatic rings. The molecule has 4 aromatic rings. The zero-order valence-corrected chi connectivity index (χ0v) is 15.8. The monoisotopic (exact) mass is 384 g/mol. The fourth-order valence-corrected chi connectivity index (χ4v) is 3.60. The summed E-state index contributed by atoms with van der Waals surface area (Å²) in [5.74, 6) is 0.807. The van der Waals surface area contributed by atoms with Gasteiger partial charge in [-0.2, -0.15) is 9.90 Å². The molecule has 29 heavy (non-hydrogen) atoms. The number of aromatic nitrogens is 5. The highest BCUT2D eigenvalue weighted by Gasteiger charge is 2.17. The van der Waals surface area contributed by atoms with E-state index in [1.807, 2.05) is 54.6 Å². The van der Waals surface area contributed by atoms with Crippen LogP contribution in [0.1, 0.15) is 29.2 Å². The Morgan fingerprint density at radius 3 is 2.69 bits per heavy atom. The molecule has 1 amide bonds. The van der Waals surface area contributed by atoms with E-state index >= 15 is 0 Å². The Balaban J connectivity index is 1.41. The lowest BCUT2D eigenvalue weighted by molar-refractivity contribution is 0.102. The SMILES string of the molecule is O=C(Nc1ccccc1-c1cn2c(n1)CCCC2)c1cnn(-c2ccccc2)n1. The number of imidazole rings is 1. The summed E-state index contributed by atoms with van der Waals surface area (Å²) in [5, 5.41) is 11.5. The molecule has 144 valence electrons. The van der Waals surface area contributed by atoms with Crippen molar-refractivity contribution in [2.24, 2.45) is 0 Å². The number of nitrogens with one attached hydrogen (secondary N) is 1. The molecule has 1 N–H and O–H groups in total. The van der Waals surface area contributed by atoms with Gasteiger partial charge in [-0.25, -0.2) is 4.98 Å². The summed E-state index contributed by atoms with van der Waals surface area (Å²) < 4.78 is 2.21. The Kier molecular flexibility index (Phi) is 4.40. The maximum Gasteiger partial charge on any atom is 0.277 e. The van der Waals surface area contributed by atoms with Crippen LogP contribution in [0.2, 0.25) is 0 Å². The van der Waals surface area contributed by atoms with Crippen LogP contribution < -0.4 is 5.32 Å². The summed E-state index contributed by atoms with van der Waals surface area (Å²) in [5.41, 5.74) is 3.55. The molecule has 0 fully saturated rings. The van der Waals surface area contributed by atoms with Gasteiger partial charge < -0.3 is 9.88 Å². The second kappa shape index (κ2) is 7.35. The van der Waals surface area contributed by atoms with Crippen molar-refractivity contribution in [3.63, 3.8) is 0 Å². The average molecular weight is 384 g/mol. The van der Waals surface area contributed by atoms with Gasteiger partial charge >= 0.3 is 0 Å². The molecule has 0 saturated heterocycles. The van der Waals surface area contributed by atoms with Gasteiger partial charge in [0.25, 0.3) is 5.91 Å². The van der Waals surface area contributed by atoms with Gasteiger partial charge in [-0.3, -0.25) is 4.79 Å². The highest BCUT2D eigenvalue weighted by Crippen LogP contribution is 2.29. The van der Waals surface area contributed by atoms with Crippen LogP contribution in [0.3, 0.4) is 0 Å². The van der Waals surface area contributed by atoms with Crippen LogP contribution in [0, 0.1) is 0 Å². The first-order valence-corrected chi connectivity index (χ1v) is 9.72. The average Bonchev–Trinajstić information content (AvgIpc) is 3.42. The number of aryl methyl sites for hydroxylation is 2. The smallest absolute Gasteiger partial charge is 0.277 e. The van der Waals surface area contributed by atoms with Gasteiger partial charge in [-0.1, -0.05) is 36.4 Å². The number of carbonyl (C=O) groups excluding carboxylic acids is 1. The third-order valence-electron chi connectivity index (χ3n) is 5.07. The van der Waals surface area contributed by atoms with Crippen molar-refractivity contribution in [1.29, 1.82) is 0 Å². The Morgan fingerprint density at radius 1 is 1.00 bits per heavy atom. The molecule has 1 aliphatic heterocycles. The molecule has 0 atom stereocenters. The number of fused-ring (bicyclic) bond motifs is 1. The number of hydrogen-bond acceptors (Lipinski definition) is 4. The quantitative estimate of drug-likeness (QED) is 0.582. The van der Waals surface area contributed by atoms with E-state index < -0.39 is 0 Å². The molecular weight excluding hydrogens is 364 g/mol. The number of hydrogen-bond donors (Lipinski definition) is 1. The van der Waals surface area contributed by atoms with Crippen molar-refractivity contribution in [3.8, 4) is 16.9 Å². The number of amides is 1. The van der Waals surface area contributed by atoms with Crippen molar-refractivity contribution in [2.75, 3.05) is 5.32 Å². The van der Waals surface area contributed by atoms with Gasteiger partial charge in [0.2, 0.25) is 0 Å². The van der Waals surface area contributed by atoms with Gasteiger partial charge in [0, 0.05) is 24.7 Å². The van der Waals surface area contributed by atoms with Crippen LogP contribution in [0.4, 0.5) is 5.69 Å². The Bertz CT molecular complexity index is 1140. The maximum atomic E-state index is 12.8. The zero-order valence-electron chi connectivity index (χ0n) is 15.8. The molecular formula is C22H20N6O. The van der Waals surface area contributed by atoms with Gasteiger partial charge in [0.05, 0.1) is 23.3 Å². The summed E-state index contributed by atoms with van der Waals surface area (Å²) in [6.45, 7) is 0.999. The lowest BCUT2D eigenvalue weighted by Gasteiger charge is -2.11. The van der Waals surface area contributed by atoms with E-state index in [-0.39, 0.29) is 11.6 Å². The van der Waals surface area contributed by atoms with Crippen molar-refractivity contribution >= 4 is 11.6 Å². The van der Waals surface area contributed by atoms with Crippen LogP contribution in [-0.4, -0.2) is 30.5 Å². The minimum Gasteiger partial charge on any atom is -0.334 e. The molecule has 3 heterocycles. The van der Waals surface area contributed by atoms with Crippen LogP contribution in [0.15, 0.2) is 67.0 Å². The largest absolute Gasteiger partial charge is 0.334 e. The number of benzene rings is 2. The summed E-state index contributed by atoms with van der Waals surface area (Å²) in [6.07, 6.45) is 6.90. The van der Waals surface area contributed by atoms with Gasteiger partial charge in [0.1, 0.15) is 5.82 Å². The molecule has 0 radical (unpaired) electrons. The second-order valence-corrected chi connectivity index (χ2v) is 7.05. The molecule has 2 aromatic heterocycles. The number of para-hydroxylation sites is 2. The first-order valence-electron chi connectivity index (χ1n) is 9.72. The molecule has 0 bridgehead atoms. The Morgan fingerprint density at radius 2 is 1.83 bits per heavy atom. The summed E-state index contributed by atoms with van der Waals surface area (Å²) in [4.78, 5) is 19.0. The van der Waals surface area contributed by atoms with E-state index in [2.05, 4.69) is 26.3 Å². The third-order valence-corrected chi connectivity index (χ3v) is 5.07. The fraction of sp³-hybridized carbons (Fsp3) is 0.182. The Hall–Kier alpha value is -3.74. The highest BCUT2D eigenvalue weighted by molar-refractivity contribution is 6.04. The van der Waals surface area contributed by atoms with Crippen LogP contribution >= 0.6 is 0 Å². The second-order valence-electron chi connectivity index (χ2n) is 7.05. The lowest BCUT2D eigenvalue weighted by atomic mass is 10.1. The molecule has 2 aromatic carbocycles. The topological polar surface area (TPSA) is 77.6 Å². The van der Waals surface area contributed by atoms with E-state index in [9.17, 15) is 4.79 Å². The van der Waals surface area contributed by atoms with E-state index in [0.717, 1.165) is 35.7 Å². The molecule has 0 aliphatic carbocycles. The molecule has 7 nitrogen and oxygen atoms in total. The standard InChI is InChI=1S/C22H20N6O/c29-22(19-14-23-28(26-19)16-8-2-1-3-9-16)25-18-11-5-4-10-17(18)20-15-27-13-7-6-12-21(27)24-20/h1-5,8-11,14-15H,6-7,12-13H2,(H,25,29). The number of carbonyl (C=O) groups is 1. The minimum absolute atomic E-state index is 0.257. The van der Waals surface area contributed by atoms with Crippen molar-refractivity contribution in [1.82, 2.24) is 24.5 Å². The molecule has 0 saturated carbocycles. The van der Waals surface area contributed by atoms with Crippen molar-refractivity contribution < 1.29 is 4.79 Å². The van der Waals surface area contributed by atoms with Gasteiger partial charge in [0.15, 0.2) is 5.69 Å². The van der Waals surface area contributed by atoms with Gasteiger partial charge in [-0.15, -0.1) is 5.10 Å². The lowest BCUT2D eigenvalue weighted by Crippen LogP contribution is -2.14. The minimum atomic E-state index is -0.302. The van der Waals surface area contributed by atoms with Gasteiger partial charge in [-0.05, 0) is 31.0 Å². The first-order chi connectivity index (χ1) is 14.3. The van der Waals surface area contributed by atoms with Crippen LogP contribution in [-0.2, 0) is 13.0 Å². The molecule has 0 unspecified atom stereocenters. The summed E-state index contributed by atoms with van der Waals surface area (Å²) >= 11 is 0. The predicted octanol–water partition coefficient (Wildman–Crippen LogP) is 3.72. The summed E-state index contributed by atoms with van der Waals surface area (Å²) in [6, 6.07) is 17.2. The highest BCUT2D eigenvalue weighted by atomic mass is 16.2. The van der Waals surface area contributed by atoms with E-state index in [1.165, 1.54) is 23.8 Å². The van der Waals surface area contributed by atoms with Crippen LogP contribution in [0.5, 0.6) is 0 Å².